The van der Waals surface area contributed by atoms with Crippen molar-refractivity contribution in [3.63, 3.8) is 0 Å². The number of fused-ring (bicyclic) bond motifs is 1. The van der Waals surface area contributed by atoms with E-state index < -0.39 is 0 Å². The van der Waals surface area contributed by atoms with Crippen LogP contribution in [-0.2, 0) is 24.4 Å². The Morgan fingerprint density at radius 2 is 1.90 bits per heavy atom. The minimum Gasteiger partial charge on any atom is -0.493 e. The number of carbonyl (C=O) groups excluding carboxylic acids is 2. The van der Waals surface area contributed by atoms with Crippen LogP contribution in [0.5, 0.6) is 5.75 Å². The smallest absolute Gasteiger partial charge is 0.234 e. The number of Topliss-reactive ketones (excluding diaryl/α,β-unsaturated/α-hetero) is 1. The molecule has 2 aromatic carbocycles. The van der Waals surface area contributed by atoms with Gasteiger partial charge >= 0.3 is 0 Å². The van der Waals surface area contributed by atoms with E-state index in [1.54, 1.807) is 0 Å². The number of hydrogen-bond acceptors (Lipinski definition) is 5. The number of carbonyl (C=O) groups is 2. The summed E-state index contributed by atoms with van der Waals surface area (Å²) < 4.78 is 5.82. The van der Waals surface area contributed by atoms with Crippen molar-refractivity contribution in [1.82, 2.24) is 10.2 Å². The van der Waals surface area contributed by atoms with Crippen LogP contribution in [0.3, 0.4) is 0 Å². The normalized spacial score (nSPS) is 15.9. The Labute approximate surface area is 176 Å². The minimum atomic E-state index is -0.270. The van der Waals surface area contributed by atoms with Crippen LogP contribution in [0.15, 0.2) is 42.5 Å². The molecule has 1 heterocycles. The largest absolute Gasteiger partial charge is 0.493 e. The molecule has 2 aliphatic rings. The van der Waals surface area contributed by atoms with Crippen LogP contribution in [0.4, 0.5) is 0 Å². The molecule has 0 bridgehead atoms. The van der Waals surface area contributed by atoms with Gasteiger partial charge in [0.25, 0.3) is 0 Å². The van der Waals surface area contributed by atoms with Gasteiger partial charge in [-0.2, -0.15) is 5.26 Å². The molecule has 30 heavy (non-hydrogen) atoms. The zero-order chi connectivity index (χ0) is 20.9. The molecule has 6 nitrogen and oxygen atoms in total. The SMILES string of the molecule is N#CCC(=O)NCc1ccc(CN2CC(=O)c3cc(OCC4CC4)ccc3C2)cc1. The molecule has 1 amide bonds. The maximum Gasteiger partial charge on any atom is 0.234 e. The molecule has 1 saturated carbocycles. The first-order valence-electron chi connectivity index (χ1n) is 10.3. The third-order valence-electron chi connectivity index (χ3n) is 5.48. The molecule has 1 aliphatic heterocycles. The van der Waals surface area contributed by atoms with Crippen molar-refractivity contribution in [2.45, 2.75) is 38.9 Å². The Morgan fingerprint density at radius 1 is 1.13 bits per heavy atom. The van der Waals surface area contributed by atoms with Crippen molar-refractivity contribution < 1.29 is 14.3 Å². The van der Waals surface area contributed by atoms with E-state index in [0.29, 0.717) is 25.6 Å². The molecule has 0 atom stereocenters. The van der Waals surface area contributed by atoms with Gasteiger partial charge in [0.15, 0.2) is 5.78 Å². The maximum atomic E-state index is 12.7. The average Bonchev–Trinajstić information content (AvgIpc) is 3.57. The third-order valence-corrected chi connectivity index (χ3v) is 5.48. The highest BCUT2D eigenvalue weighted by molar-refractivity contribution is 6.00. The first-order chi connectivity index (χ1) is 14.6. The standard InChI is InChI=1S/C24H25N3O3/c25-10-9-24(29)26-12-17-1-3-18(4-2-17)13-27-14-20-7-8-21(30-16-19-5-6-19)11-22(20)23(28)15-27/h1-4,7-8,11,19H,5-6,9,12-16H2,(H,26,29). The number of amides is 1. The molecule has 6 heteroatoms. The van der Waals surface area contributed by atoms with E-state index in [4.69, 9.17) is 10.00 Å². The summed E-state index contributed by atoms with van der Waals surface area (Å²) in [6, 6.07) is 15.7. The lowest BCUT2D eigenvalue weighted by atomic mass is 9.97. The maximum absolute atomic E-state index is 12.7. The van der Waals surface area contributed by atoms with Crippen molar-refractivity contribution in [2.75, 3.05) is 13.2 Å². The number of ether oxygens (including phenoxy) is 1. The van der Waals surface area contributed by atoms with Gasteiger partial charge in [0.05, 0.1) is 19.2 Å². The molecule has 0 unspecified atom stereocenters. The van der Waals surface area contributed by atoms with Crippen LogP contribution >= 0.6 is 0 Å². The van der Waals surface area contributed by atoms with Gasteiger partial charge in [-0.3, -0.25) is 14.5 Å². The molecule has 1 N–H and O–H groups in total. The molecule has 1 fully saturated rings. The Hall–Kier alpha value is -3.17. The number of nitriles is 1. The van der Waals surface area contributed by atoms with Gasteiger partial charge in [-0.15, -0.1) is 0 Å². The summed E-state index contributed by atoms with van der Waals surface area (Å²) in [6.45, 7) is 2.96. The zero-order valence-corrected chi connectivity index (χ0v) is 16.9. The third kappa shape index (κ3) is 5.25. The summed E-state index contributed by atoms with van der Waals surface area (Å²) in [6.07, 6.45) is 2.36. The minimum absolute atomic E-state index is 0.128. The molecular formula is C24H25N3O3. The second kappa shape index (κ2) is 9.10. The van der Waals surface area contributed by atoms with Crippen LogP contribution in [0.2, 0.25) is 0 Å². The molecule has 1 aliphatic carbocycles. The summed E-state index contributed by atoms with van der Waals surface area (Å²) in [7, 11) is 0. The molecule has 0 aromatic heterocycles. The number of nitrogens with zero attached hydrogens (tertiary/aromatic N) is 2. The second-order valence-electron chi connectivity index (χ2n) is 8.07. The first-order valence-corrected chi connectivity index (χ1v) is 10.3. The van der Waals surface area contributed by atoms with Gasteiger partial charge in [0, 0.05) is 25.2 Å². The van der Waals surface area contributed by atoms with Crippen molar-refractivity contribution in [2.24, 2.45) is 5.92 Å². The van der Waals surface area contributed by atoms with E-state index in [1.165, 1.54) is 12.8 Å². The van der Waals surface area contributed by atoms with E-state index in [1.807, 2.05) is 48.5 Å². The highest BCUT2D eigenvalue weighted by Gasteiger charge is 2.25. The lowest BCUT2D eigenvalue weighted by Crippen LogP contribution is -2.34. The van der Waals surface area contributed by atoms with Crippen molar-refractivity contribution in [3.05, 3.63) is 64.7 Å². The predicted octanol–water partition coefficient (Wildman–Crippen LogP) is 3.20. The average molecular weight is 403 g/mol. The molecule has 0 radical (unpaired) electrons. The number of benzene rings is 2. The van der Waals surface area contributed by atoms with Crippen LogP contribution in [0.25, 0.3) is 0 Å². The number of nitrogens with one attached hydrogen (secondary N) is 1. The summed E-state index contributed by atoms with van der Waals surface area (Å²) in [4.78, 5) is 26.2. The Kier molecular flexibility index (Phi) is 6.10. The molecule has 2 aromatic rings. The number of hydrogen-bond donors (Lipinski definition) is 1. The summed E-state index contributed by atoms with van der Waals surface area (Å²) in [5.41, 5.74) is 3.91. The number of ketones is 1. The van der Waals surface area contributed by atoms with Gasteiger partial charge in [0.2, 0.25) is 5.91 Å². The monoisotopic (exact) mass is 403 g/mol. The molecule has 4 rings (SSSR count). The van der Waals surface area contributed by atoms with Gasteiger partial charge in [0.1, 0.15) is 12.2 Å². The fourth-order valence-electron chi connectivity index (χ4n) is 3.59. The first kappa shape index (κ1) is 20.1. The quantitative estimate of drug-likeness (QED) is 0.732. The van der Waals surface area contributed by atoms with Gasteiger partial charge in [-0.25, -0.2) is 0 Å². The van der Waals surface area contributed by atoms with Gasteiger partial charge in [-0.05, 0) is 47.6 Å². The summed E-state index contributed by atoms with van der Waals surface area (Å²) in [5, 5.41) is 11.2. The van der Waals surface area contributed by atoms with E-state index in [2.05, 4.69) is 10.2 Å². The fourth-order valence-corrected chi connectivity index (χ4v) is 3.59. The lowest BCUT2D eigenvalue weighted by Gasteiger charge is -2.28. The second-order valence-corrected chi connectivity index (χ2v) is 8.07. The Morgan fingerprint density at radius 3 is 2.63 bits per heavy atom. The van der Waals surface area contributed by atoms with Crippen molar-refractivity contribution >= 4 is 11.7 Å². The van der Waals surface area contributed by atoms with Crippen molar-refractivity contribution in [3.8, 4) is 11.8 Å². The summed E-state index contributed by atoms with van der Waals surface area (Å²) in [5.74, 6) is 1.34. The number of rotatable bonds is 8. The van der Waals surface area contributed by atoms with E-state index in [9.17, 15) is 9.59 Å². The lowest BCUT2D eigenvalue weighted by molar-refractivity contribution is -0.120. The Balaban J connectivity index is 1.33. The van der Waals surface area contributed by atoms with Gasteiger partial charge in [-0.1, -0.05) is 30.3 Å². The molecule has 154 valence electrons. The molecule has 0 saturated heterocycles. The highest BCUT2D eigenvalue weighted by atomic mass is 16.5. The zero-order valence-electron chi connectivity index (χ0n) is 16.9. The van der Waals surface area contributed by atoms with E-state index >= 15 is 0 Å². The van der Waals surface area contributed by atoms with Crippen LogP contribution in [0, 0.1) is 17.2 Å². The van der Waals surface area contributed by atoms with Gasteiger partial charge < -0.3 is 10.1 Å². The van der Waals surface area contributed by atoms with Crippen LogP contribution < -0.4 is 10.1 Å². The Bertz CT molecular complexity index is 974. The predicted molar refractivity (Wildman–Crippen MR) is 112 cm³/mol. The summed E-state index contributed by atoms with van der Waals surface area (Å²) >= 11 is 0. The molecule has 0 spiro atoms. The highest BCUT2D eigenvalue weighted by Crippen LogP contribution is 2.30. The van der Waals surface area contributed by atoms with E-state index in [0.717, 1.165) is 41.2 Å². The van der Waals surface area contributed by atoms with E-state index in [-0.39, 0.29) is 18.1 Å². The van der Waals surface area contributed by atoms with Crippen LogP contribution in [0.1, 0.15) is 46.3 Å². The van der Waals surface area contributed by atoms with Crippen LogP contribution in [-0.4, -0.2) is 29.7 Å². The van der Waals surface area contributed by atoms with Crippen molar-refractivity contribution in [1.29, 1.82) is 5.26 Å². The fraction of sp³-hybridized carbons (Fsp3) is 0.375. The topological polar surface area (TPSA) is 82.4 Å². The molecular weight excluding hydrogens is 378 g/mol.